The molecule has 2 aromatic rings. The van der Waals surface area contributed by atoms with Gasteiger partial charge in [0.25, 0.3) is 0 Å². The van der Waals surface area contributed by atoms with Crippen molar-refractivity contribution in [3.63, 3.8) is 0 Å². The average Bonchev–Trinajstić information content (AvgIpc) is 2.31. The van der Waals surface area contributed by atoms with Crippen LogP contribution >= 0.6 is 12.4 Å². The van der Waals surface area contributed by atoms with Crippen LogP contribution in [0, 0.1) is 5.41 Å². The summed E-state index contributed by atoms with van der Waals surface area (Å²) in [7, 11) is 0. The zero-order valence-corrected chi connectivity index (χ0v) is 11.5. The van der Waals surface area contributed by atoms with E-state index in [1.807, 2.05) is 24.4 Å². The number of ether oxygens (including phenoxy) is 1. The number of halogens is 1. The largest absolute Gasteiger partial charge is 0.489 e. The maximum atomic E-state index is 6.00. The lowest BCUT2D eigenvalue weighted by Crippen LogP contribution is -2.62. The Labute approximate surface area is 118 Å². The van der Waals surface area contributed by atoms with Crippen molar-refractivity contribution in [3.05, 3.63) is 36.5 Å². The quantitative estimate of drug-likeness (QED) is 0.916. The van der Waals surface area contributed by atoms with Crippen LogP contribution in [0.4, 0.5) is 0 Å². The summed E-state index contributed by atoms with van der Waals surface area (Å²) in [6.07, 6.45) is 4.60. The van der Waals surface area contributed by atoms with Crippen LogP contribution in [-0.2, 0) is 0 Å². The van der Waals surface area contributed by atoms with Gasteiger partial charge in [-0.05, 0) is 25.0 Å². The lowest BCUT2D eigenvalue weighted by Gasteiger charge is -2.53. The van der Waals surface area contributed by atoms with Gasteiger partial charge in [-0.25, -0.2) is 0 Å². The van der Waals surface area contributed by atoms with Gasteiger partial charge in [-0.1, -0.05) is 18.2 Å². The summed E-state index contributed by atoms with van der Waals surface area (Å²) in [6, 6.07) is 10.2. The fourth-order valence-electron chi connectivity index (χ4n) is 3.06. The highest BCUT2D eigenvalue weighted by Gasteiger charge is 2.49. The molecule has 0 bridgehead atoms. The van der Waals surface area contributed by atoms with E-state index in [4.69, 9.17) is 4.74 Å². The predicted molar refractivity (Wildman–Crippen MR) is 77.9 cm³/mol. The number of nitrogens with zero attached hydrogens (tertiary/aromatic N) is 1. The van der Waals surface area contributed by atoms with Crippen LogP contribution in [0.5, 0.6) is 5.75 Å². The normalized spacial score (nSPS) is 20.4. The van der Waals surface area contributed by atoms with Crippen molar-refractivity contribution in [1.29, 1.82) is 0 Å². The standard InChI is InChI=1S/C15H16N2O.ClH/c1-2-4-14-11(3-1)5-12(8-17-14)18-13-6-15(7-13)9-16-10-15;/h1-5,8,13,16H,6-7,9-10H2;1H. The minimum Gasteiger partial charge on any atom is -0.489 e. The summed E-state index contributed by atoms with van der Waals surface area (Å²) in [5, 5.41) is 4.49. The number of fused-ring (bicyclic) bond motifs is 1. The predicted octanol–water partition coefficient (Wildman–Crippen LogP) is 2.79. The van der Waals surface area contributed by atoms with Crippen molar-refractivity contribution in [2.75, 3.05) is 13.1 Å². The zero-order chi connectivity index (χ0) is 12.0. The number of para-hydroxylation sites is 1. The topological polar surface area (TPSA) is 34.1 Å². The molecule has 100 valence electrons. The molecule has 4 rings (SSSR count). The summed E-state index contributed by atoms with van der Waals surface area (Å²) in [5.41, 5.74) is 1.59. The van der Waals surface area contributed by atoms with Crippen molar-refractivity contribution >= 4 is 23.3 Å². The molecule has 19 heavy (non-hydrogen) atoms. The van der Waals surface area contributed by atoms with E-state index in [1.165, 1.54) is 25.9 Å². The second kappa shape index (κ2) is 4.66. The minimum atomic E-state index is 0. The third kappa shape index (κ3) is 2.17. The van der Waals surface area contributed by atoms with Crippen molar-refractivity contribution in [2.24, 2.45) is 5.41 Å². The van der Waals surface area contributed by atoms with E-state index in [9.17, 15) is 0 Å². The Kier molecular flexibility index (Phi) is 3.11. The molecule has 2 aliphatic rings. The maximum Gasteiger partial charge on any atom is 0.138 e. The molecule has 1 aliphatic carbocycles. The van der Waals surface area contributed by atoms with Gasteiger partial charge in [-0.3, -0.25) is 4.98 Å². The average molecular weight is 277 g/mol. The number of aromatic nitrogens is 1. The number of benzene rings is 1. The summed E-state index contributed by atoms with van der Waals surface area (Å²) >= 11 is 0. The third-order valence-electron chi connectivity index (χ3n) is 4.19. The Morgan fingerprint density at radius 3 is 2.74 bits per heavy atom. The molecule has 0 amide bonds. The number of hydrogen-bond acceptors (Lipinski definition) is 3. The molecule has 1 aliphatic heterocycles. The number of hydrogen-bond donors (Lipinski definition) is 1. The third-order valence-corrected chi connectivity index (χ3v) is 4.19. The molecule has 1 aromatic carbocycles. The molecular weight excluding hydrogens is 260 g/mol. The van der Waals surface area contributed by atoms with Crippen LogP contribution in [0.3, 0.4) is 0 Å². The van der Waals surface area contributed by atoms with Gasteiger partial charge in [0, 0.05) is 23.9 Å². The number of nitrogens with one attached hydrogen (secondary N) is 1. The molecule has 0 atom stereocenters. The maximum absolute atomic E-state index is 6.00. The van der Waals surface area contributed by atoms with Crippen LogP contribution in [0.2, 0.25) is 0 Å². The van der Waals surface area contributed by atoms with E-state index in [-0.39, 0.29) is 12.4 Å². The van der Waals surface area contributed by atoms with Gasteiger partial charge >= 0.3 is 0 Å². The second-order valence-electron chi connectivity index (χ2n) is 5.62. The highest BCUT2D eigenvalue weighted by atomic mass is 35.5. The van der Waals surface area contributed by atoms with Gasteiger partial charge in [0.2, 0.25) is 0 Å². The van der Waals surface area contributed by atoms with E-state index >= 15 is 0 Å². The second-order valence-corrected chi connectivity index (χ2v) is 5.62. The molecular formula is C15H17ClN2O. The molecule has 1 N–H and O–H groups in total. The van der Waals surface area contributed by atoms with E-state index in [2.05, 4.69) is 22.4 Å². The first-order valence-corrected chi connectivity index (χ1v) is 6.55. The Balaban J connectivity index is 0.00000110. The van der Waals surface area contributed by atoms with Gasteiger partial charge < -0.3 is 10.1 Å². The van der Waals surface area contributed by atoms with E-state index < -0.39 is 0 Å². The fourth-order valence-corrected chi connectivity index (χ4v) is 3.06. The van der Waals surface area contributed by atoms with Crippen molar-refractivity contribution < 1.29 is 4.74 Å². The fraction of sp³-hybridized carbons (Fsp3) is 0.400. The van der Waals surface area contributed by atoms with Gasteiger partial charge in [-0.15, -0.1) is 12.4 Å². The SMILES string of the molecule is Cl.c1ccc2ncc(OC3CC4(CNC4)C3)cc2c1. The van der Waals surface area contributed by atoms with Gasteiger partial charge in [-0.2, -0.15) is 0 Å². The molecule has 1 aromatic heterocycles. The summed E-state index contributed by atoms with van der Waals surface area (Å²) in [4.78, 5) is 4.43. The lowest BCUT2D eigenvalue weighted by atomic mass is 9.63. The highest BCUT2D eigenvalue weighted by molar-refractivity contribution is 5.85. The zero-order valence-electron chi connectivity index (χ0n) is 10.6. The number of rotatable bonds is 2. The highest BCUT2D eigenvalue weighted by Crippen LogP contribution is 2.45. The van der Waals surface area contributed by atoms with E-state index in [0.29, 0.717) is 11.5 Å². The van der Waals surface area contributed by atoms with Crippen LogP contribution < -0.4 is 10.1 Å². The van der Waals surface area contributed by atoms with E-state index in [0.717, 1.165) is 16.7 Å². The van der Waals surface area contributed by atoms with Crippen molar-refractivity contribution in [2.45, 2.75) is 18.9 Å². The van der Waals surface area contributed by atoms with Crippen LogP contribution in [0.15, 0.2) is 36.5 Å². The molecule has 1 spiro atoms. The molecule has 1 saturated carbocycles. The Morgan fingerprint density at radius 2 is 2.00 bits per heavy atom. The monoisotopic (exact) mass is 276 g/mol. The molecule has 1 saturated heterocycles. The Hall–Kier alpha value is -1.32. The Morgan fingerprint density at radius 1 is 1.21 bits per heavy atom. The summed E-state index contributed by atoms with van der Waals surface area (Å²) < 4.78 is 6.00. The molecule has 3 nitrogen and oxygen atoms in total. The smallest absolute Gasteiger partial charge is 0.138 e. The van der Waals surface area contributed by atoms with Crippen molar-refractivity contribution in [3.8, 4) is 5.75 Å². The first-order valence-electron chi connectivity index (χ1n) is 6.55. The first kappa shape index (κ1) is 12.7. The molecule has 0 unspecified atom stereocenters. The van der Waals surface area contributed by atoms with Crippen molar-refractivity contribution in [1.82, 2.24) is 10.3 Å². The lowest BCUT2D eigenvalue weighted by molar-refractivity contribution is -0.0495. The van der Waals surface area contributed by atoms with Crippen LogP contribution in [0.1, 0.15) is 12.8 Å². The molecule has 0 radical (unpaired) electrons. The van der Waals surface area contributed by atoms with Gasteiger partial charge in [0.15, 0.2) is 0 Å². The minimum absolute atomic E-state index is 0. The molecule has 4 heteroatoms. The van der Waals surface area contributed by atoms with Gasteiger partial charge in [0.05, 0.1) is 11.7 Å². The van der Waals surface area contributed by atoms with Gasteiger partial charge in [0.1, 0.15) is 11.9 Å². The summed E-state index contributed by atoms with van der Waals surface area (Å²) in [6.45, 7) is 2.34. The molecule has 2 fully saturated rings. The summed E-state index contributed by atoms with van der Waals surface area (Å²) in [5.74, 6) is 0.904. The Bertz CT molecular complexity index is 589. The number of pyridine rings is 1. The first-order chi connectivity index (χ1) is 8.83. The van der Waals surface area contributed by atoms with Crippen LogP contribution in [0.25, 0.3) is 10.9 Å². The van der Waals surface area contributed by atoms with E-state index in [1.54, 1.807) is 0 Å². The van der Waals surface area contributed by atoms with Crippen LogP contribution in [-0.4, -0.2) is 24.2 Å². The molecule has 2 heterocycles.